The van der Waals surface area contributed by atoms with E-state index in [0.717, 1.165) is 24.0 Å². The molecule has 0 bridgehead atoms. The van der Waals surface area contributed by atoms with Crippen molar-refractivity contribution in [3.63, 3.8) is 0 Å². The van der Waals surface area contributed by atoms with Crippen LogP contribution in [0.15, 0.2) is 89.9 Å². The largest absolute Gasteiger partial charge is 0.495 e. The Morgan fingerprint density at radius 1 is 1.00 bits per heavy atom. The van der Waals surface area contributed by atoms with Crippen molar-refractivity contribution in [3.8, 4) is 16.9 Å². The van der Waals surface area contributed by atoms with Crippen LogP contribution in [0.4, 0.5) is 5.69 Å². The van der Waals surface area contributed by atoms with Crippen LogP contribution in [-0.4, -0.2) is 23.4 Å². The number of methoxy groups -OCH3 is 1. The van der Waals surface area contributed by atoms with Crippen molar-refractivity contribution in [2.75, 3.05) is 12.4 Å². The number of anilines is 1. The van der Waals surface area contributed by atoms with Crippen LogP contribution in [0, 0.1) is 12.8 Å². The van der Waals surface area contributed by atoms with Crippen LogP contribution in [0.5, 0.6) is 5.75 Å². The Kier molecular flexibility index (Phi) is 8.17. The minimum Gasteiger partial charge on any atom is -0.495 e. The second kappa shape index (κ2) is 11.9. The number of pyridine rings is 1. The summed E-state index contributed by atoms with van der Waals surface area (Å²) in [6.07, 6.45) is 4.43. The Balaban J connectivity index is 1.56. The minimum atomic E-state index is -0.852. The number of carbonyl (C=O) groups is 2. The highest BCUT2D eigenvalue weighted by molar-refractivity contribution is 6.31. The van der Waals surface area contributed by atoms with E-state index in [1.165, 1.54) is 17.7 Å². The number of carbonyl (C=O) groups excluding carboxylic acids is 2. The maximum Gasteiger partial charge on any atom is 0.252 e. The molecule has 0 saturated heterocycles. The van der Waals surface area contributed by atoms with Gasteiger partial charge in [0.1, 0.15) is 11.8 Å². The number of hydrogen-bond acceptors (Lipinski definition) is 4. The summed E-state index contributed by atoms with van der Waals surface area (Å²) in [4.78, 5) is 40.4. The number of amides is 1. The smallest absolute Gasteiger partial charge is 0.252 e. The first-order chi connectivity index (χ1) is 19.3. The molecule has 1 aliphatic carbocycles. The van der Waals surface area contributed by atoms with Gasteiger partial charge in [-0.1, -0.05) is 59.6 Å². The Hall–Kier alpha value is -4.16. The number of Topliss-reactive ketones (excluding diaryl/α,β-unsaturated/α-hetero) is 1. The molecule has 1 amide bonds. The molecular weight excluding hydrogens is 524 g/mol. The molecule has 0 aliphatic heterocycles. The van der Waals surface area contributed by atoms with Gasteiger partial charge >= 0.3 is 0 Å². The van der Waals surface area contributed by atoms with Crippen molar-refractivity contribution in [2.24, 2.45) is 5.92 Å². The normalized spacial score (nSPS) is 13.5. The van der Waals surface area contributed by atoms with Gasteiger partial charge in [-0.15, -0.1) is 0 Å². The van der Waals surface area contributed by atoms with Crippen LogP contribution in [0.1, 0.15) is 46.8 Å². The zero-order valence-corrected chi connectivity index (χ0v) is 23.3. The van der Waals surface area contributed by atoms with Crippen molar-refractivity contribution in [1.29, 1.82) is 0 Å². The van der Waals surface area contributed by atoms with E-state index in [1.807, 2.05) is 61.5 Å². The molecular formula is C33H31ClN2O4. The van der Waals surface area contributed by atoms with E-state index in [-0.39, 0.29) is 11.7 Å². The van der Waals surface area contributed by atoms with E-state index >= 15 is 0 Å². The first kappa shape index (κ1) is 27.4. The number of nitrogens with one attached hydrogen (secondary N) is 1. The van der Waals surface area contributed by atoms with Crippen LogP contribution in [0.2, 0.25) is 5.02 Å². The van der Waals surface area contributed by atoms with Crippen molar-refractivity contribution in [3.05, 3.63) is 117 Å². The first-order valence-electron chi connectivity index (χ1n) is 13.4. The number of rotatable bonds is 10. The molecule has 1 aliphatic rings. The molecule has 4 aromatic rings. The summed E-state index contributed by atoms with van der Waals surface area (Å²) in [5, 5.41) is 3.40. The molecule has 1 unspecified atom stereocenters. The summed E-state index contributed by atoms with van der Waals surface area (Å²) in [5.74, 6) is 0.466. The summed E-state index contributed by atoms with van der Waals surface area (Å²) in [6.45, 7) is 1.97. The Morgan fingerprint density at radius 3 is 2.40 bits per heavy atom. The van der Waals surface area contributed by atoms with E-state index in [2.05, 4.69) is 5.32 Å². The van der Waals surface area contributed by atoms with Gasteiger partial charge in [-0.05, 0) is 67.1 Å². The average Bonchev–Trinajstić information content (AvgIpc) is 3.77. The molecule has 1 aromatic heterocycles. The molecule has 5 rings (SSSR count). The molecule has 1 N–H and O–H groups in total. The Morgan fingerprint density at radius 2 is 1.73 bits per heavy atom. The number of benzene rings is 3. The molecule has 1 heterocycles. The molecule has 0 radical (unpaired) electrons. The van der Waals surface area contributed by atoms with Crippen LogP contribution < -0.4 is 15.6 Å². The van der Waals surface area contributed by atoms with Gasteiger partial charge in [0.05, 0.1) is 13.3 Å². The maximum absolute atomic E-state index is 13.7. The average molecular weight is 555 g/mol. The Labute approximate surface area is 238 Å². The molecule has 1 saturated carbocycles. The van der Waals surface area contributed by atoms with Gasteiger partial charge in [-0.25, -0.2) is 0 Å². The summed E-state index contributed by atoms with van der Waals surface area (Å²) < 4.78 is 7.13. The van der Waals surface area contributed by atoms with Gasteiger partial charge in [-0.2, -0.15) is 0 Å². The fraction of sp³-hybridized carbons (Fsp3) is 0.242. The SMILES string of the molecule is COc1cn(C(Cc2ccccc2)C(=O)Nc2ccc(C)cc2)c(=O)cc1-c1cc(Cl)ccc1C(=O)CC1CC1. The van der Waals surface area contributed by atoms with Crippen LogP contribution in [0.3, 0.4) is 0 Å². The topological polar surface area (TPSA) is 77.4 Å². The third-order valence-corrected chi connectivity index (χ3v) is 7.47. The number of ether oxygens (including phenoxy) is 1. The van der Waals surface area contributed by atoms with Gasteiger partial charge in [0.15, 0.2) is 5.78 Å². The molecule has 1 fully saturated rings. The summed E-state index contributed by atoms with van der Waals surface area (Å²) in [7, 11) is 1.50. The van der Waals surface area contributed by atoms with Crippen molar-refractivity contribution < 1.29 is 14.3 Å². The summed E-state index contributed by atoms with van der Waals surface area (Å²) in [6, 6.07) is 22.7. The van der Waals surface area contributed by atoms with E-state index in [4.69, 9.17) is 16.3 Å². The lowest BCUT2D eigenvalue weighted by Gasteiger charge is -2.22. The second-order valence-electron chi connectivity index (χ2n) is 10.3. The second-order valence-corrected chi connectivity index (χ2v) is 10.8. The lowest BCUT2D eigenvalue weighted by atomic mass is 9.94. The fourth-order valence-corrected chi connectivity index (χ4v) is 5.01. The highest BCUT2D eigenvalue weighted by Gasteiger charge is 2.28. The number of halogens is 1. The predicted octanol–water partition coefficient (Wildman–Crippen LogP) is 6.89. The van der Waals surface area contributed by atoms with Gasteiger partial charge < -0.3 is 10.1 Å². The molecule has 204 valence electrons. The first-order valence-corrected chi connectivity index (χ1v) is 13.7. The summed E-state index contributed by atoms with van der Waals surface area (Å²) in [5.41, 5.74) is 3.74. The zero-order chi connectivity index (χ0) is 28.2. The molecule has 0 spiro atoms. The van der Waals surface area contributed by atoms with E-state index in [1.54, 1.807) is 24.4 Å². The van der Waals surface area contributed by atoms with Crippen LogP contribution in [0.25, 0.3) is 11.1 Å². The molecule has 6 nitrogen and oxygen atoms in total. The highest BCUT2D eigenvalue weighted by atomic mass is 35.5. The van der Waals surface area contributed by atoms with Crippen molar-refractivity contribution in [2.45, 2.75) is 38.6 Å². The Bertz CT molecular complexity index is 1590. The van der Waals surface area contributed by atoms with Gasteiger partial charge in [-0.3, -0.25) is 19.0 Å². The molecule has 3 aromatic carbocycles. The number of nitrogens with zero attached hydrogens (tertiary/aromatic N) is 1. The number of aryl methyl sites for hydroxylation is 1. The lowest BCUT2D eigenvalue weighted by Crippen LogP contribution is -2.34. The van der Waals surface area contributed by atoms with Crippen molar-refractivity contribution in [1.82, 2.24) is 4.57 Å². The number of aromatic nitrogens is 1. The monoisotopic (exact) mass is 554 g/mol. The molecule has 40 heavy (non-hydrogen) atoms. The third-order valence-electron chi connectivity index (χ3n) is 7.24. The van der Waals surface area contributed by atoms with Gasteiger partial charge in [0.2, 0.25) is 5.91 Å². The van der Waals surface area contributed by atoms with Gasteiger partial charge in [0, 0.05) is 40.7 Å². The predicted molar refractivity (Wildman–Crippen MR) is 158 cm³/mol. The van der Waals surface area contributed by atoms with Crippen molar-refractivity contribution >= 4 is 29.0 Å². The highest BCUT2D eigenvalue weighted by Crippen LogP contribution is 2.38. The molecule has 1 atom stereocenters. The fourth-order valence-electron chi connectivity index (χ4n) is 4.84. The number of hydrogen-bond donors (Lipinski definition) is 1. The zero-order valence-electron chi connectivity index (χ0n) is 22.5. The minimum absolute atomic E-state index is 0.0137. The van der Waals surface area contributed by atoms with E-state index in [9.17, 15) is 14.4 Å². The lowest BCUT2D eigenvalue weighted by molar-refractivity contribution is -0.119. The standard InChI is InChI=1S/C33H31ClN2O4/c1-21-8-13-25(14-9-21)35-33(39)29(16-22-6-4-3-5-7-22)36-20-31(40-2)28(19-32(36)38)27-18-24(34)12-15-26(27)30(37)17-23-10-11-23/h3-9,12-15,18-20,23,29H,10-11,16-17H2,1-2H3,(H,35,39). The van der Waals surface area contributed by atoms with E-state index < -0.39 is 11.6 Å². The van der Waals surface area contributed by atoms with E-state index in [0.29, 0.717) is 51.9 Å². The van der Waals surface area contributed by atoms with Gasteiger partial charge in [0.25, 0.3) is 5.56 Å². The summed E-state index contributed by atoms with van der Waals surface area (Å²) >= 11 is 6.34. The molecule has 7 heteroatoms. The third kappa shape index (κ3) is 6.35. The maximum atomic E-state index is 13.7. The number of ketones is 1. The van der Waals surface area contributed by atoms with Crippen LogP contribution in [-0.2, 0) is 11.2 Å². The van der Waals surface area contributed by atoms with Crippen LogP contribution >= 0.6 is 11.6 Å². The quantitative estimate of drug-likeness (QED) is 0.216.